The summed E-state index contributed by atoms with van der Waals surface area (Å²) < 4.78 is 6.89. The predicted octanol–water partition coefficient (Wildman–Crippen LogP) is 3.95. The molecule has 1 saturated heterocycles. The van der Waals surface area contributed by atoms with Crippen molar-refractivity contribution in [3.63, 3.8) is 0 Å². The van der Waals surface area contributed by atoms with E-state index in [0.717, 1.165) is 29.5 Å². The molecule has 0 spiro atoms. The number of carbonyl (C=O) groups excluding carboxylic acids is 1. The molecule has 4 rings (SSSR count). The molecule has 0 bridgehead atoms. The Hall–Kier alpha value is -2.60. The van der Waals surface area contributed by atoms with E-state index in [9.17, 15) is 4.79 Å². The molecular formula is C22H25N3O2S. The van der Waals surface area contributed by atoms with E-state index in [4.69, 9.17) is 9.72 Å². The van der Waals surface area contributed by atoms with Crippen LogP contribution in [0.4, 0.5) is 5.13 Å². The predicted molar refractivity (Wildman–Crippen MR) is 115 cm³/mol. The zero-order valence-corrected chi connectivity index (χ0v) is 17.4. The number of piperazine rings is 1. The molecule has 1 aromatic heterocycles. The molecule has 0 unspecified atom stereocenters. The van der Waals surface area contributed by atoms with Gasteiger partial charge in [-0.05, 0) is 50.1 Å². The number of aromatic nitrogens is 1. The van der Waals surface area contributed by atoms with Crippen LogP contribution < -0.4 is 9.64 Å². The molecule has 5 nitrogen and oxygen atoms in total. The maximum atomic E-state index is 12.5. The van der Waals surface area contributed by atoms with E-state index in [2.05, 4.69) is 30.9 Å². The van der Waals surface area contributed by atoms with Crippen LogP contribution in [0.2, 0.25) is 0 Å². The van der Waals surface area contributed by atoms with E-state index in [-0.39, 0.29) is 12.5 Å². The molecule has 2 aromatic carbocycles. The van der Waals surface area contributed by atoms with Crippen molar-refractivity contribution in [1.82, 2.24) is 9.88 Å². The van der Waals surface area contributed by atoms with Crippen molar-refractivity contribution < 1.29 is 9.53 Å². The third-order valence-corrected chi connectivity index (χ3v) is 6.36. The first kappa shape index (κ1) is 18.7. The number of fused-ring (bicyclic) bond motifs is 1. The Kier molecular flexibility index (Phi) is 5.22. The molecule has 0 atom stereocenters. The summed E-state index contributed by atoms with van der Waals surface area (Å²) in [6.07, 6.45) is 0. The van der Waals surface area contributed by atoms with Gasteiger partial charge < -0.3 is 14.5 Å². The topological polar surface area (TPSA) is 45.7 Å². The number of amides is 1. The van der Waals surface area contributed by atoms with Crippen LogP contribution in [-0.2, 0) is 4.79 Å². The fourth-order valence-electron chi connectivity index (χ4n) is 3.52. The van der Waals surface area contributed by atoms with Crippen molar-refractivity contribution in [3.05, 3.63) is 53.1 Å². The molecule has 1 fully saturated rings. The zero-order chi connectivity index (χ0) is 19.7. The molecule has 1 aliphatic rings. The van der Waals surface area contributed by atoms with E-state index in [1.165, 1.54) is 21.4 Å². The molecule has 3 aromatic rings. The van der Waals surface area contributed by atoms with Crippen LogP contribution in [0.15, 0.2) is 36.4 Å². The minimum absolute atomic E-state index is 0.0380. The molecule has 0 radical (unpaired) electrons. The van der Waals surface area contributed by atoms with Crippen molar-refractivity contribution in [2.45, 2.75) is 20.8 Å². The summed E-state index contributed by atoms with van der Waals surface area (Å²) in [5.74, 6) is 0.772. The van der Waals surface area contributed by atoms with Gasteiger partial charge in [-0.15, -0.1) is 0 Å². The molecule has 0 aliphatic carbocycles. The van der Waals surface area contributed by atoms with E-state index in [1.54, 1.807) is 11.3 Å². The highest BCUT2D eigenvalue weighted by Gasteiger charge is 2.23. The summed E-state index contributed by atoms with van der Waals surface area (Å²) in [6.45, 7) is 9.36. The van der Waals surface area contributed by atoms with E-state index in [0.29, 0.717) is 13.1 Å². The minimum Gasteiger partial charge on any atom is -0.484 e. The third kappa shape index (κ3) is 3.97. The Labute approximate surface area is 169 Å². The summed E-state index contributed by atoms with van der Waals surface area (Å²) in [7, 11) is 0. The quantitative estimate of drug-likeness (QED) is 0.671. The molecule has 1 aliphatic heterocycles. The molecule has 1 amide bonds. The van der Waals surface area contributed by atoms with Gasteiger partial charge in [-0.2, -0.15) is 0 Å². The fraction of sp³-hybridized carbons (Fsp3) is 0.364. The van der Waals surface area contributed by atoms with Gasteiger partial charge in [0.25, 0.3) is 5.91 Å². The van der Waals surface area contributed by atoms with Gasteiger partial charge in [-0.1, -0.05) is 35.1 Å². The monoisotopic (exact) mass is 395 g/mol. The van der Waals surface area contributed by atoms with Gasteiger partial charge in [-0.25, -0.2) is 4.98 Å². The van der Waals surface area contributed by atoms with Gasteiger partial charge in [0.2, 0.25) is 0 Å². The number of aryl methyl sites for hydroxylation is 3. The maximum absolute atomic E-state index is 12.5. The van der Waals surface area contributed by atoms with Crippen LogP contribution in [0.1, 0.15) is 16.7 Å². The molecule has 28 heavy (non-hydrogen) atoms. The van der Waals surface area contributed by atoms with Crippen LogP contribution in [0.3, 0.4) is 0 Å². The second-order valence-corrected chi connectivity index (χ2v) is 8.37. The average Bonchev–Trinajstić information content (AvgIpc) is 3.12. The minimum atomic E-state index is 0.0380. The third-order valence-electron chi connectivity index (χ3n) is 5.09. The molecular weight excluding hydrogens is 370 g/mol. The first-order valence-electron chi connectivity index (χ1n) is 9.59. The summed E-state index contributed by atoms with van der Waals surface area (Å²) in [4.78, 5) is 21.5. The highest BCUT2D eigenvalue weighted by molar-refractivity contribution is 7.22. The maximum Gasteiger partial charge on any atom is 0.260 e. The number of rotatable bonds is 4. The van der Waals surface area contributed by atoms with Gasteiger partial charge in [0.15, 0.2) is 11.7 Å². The lowest BCUT2D eigenvalue weighted by Gasteiger charge is -2.34. The molecule has 146 valence electrons. The number of hydrogen-bond donors (Lipinski definition) is 0. The van der Waals surface area contributed by atoms with Crippen molar-refractivity contribution in [2.24, 2.45) is 0 Å². The molecule has 2 heterocycles. The van der Waals surface area contributed by atoms with Crippen LogP contribution >= 0.6 is 11.3 Å². The largest absolute Gasteiger partial charge is 0.484 e. The highest BCUT2D eigenvalue weighted by atomic mass is 32.1. The average molecular weight is 396 g/mol. The number of carbonyl (C=O) groups is 1. The number of benzene rings is 2. The summed E-state index contributed by atoms with van der Waals surface area (Å²) in [5.41, 5.74) is 4.77. The highest BCUT2D eigenvalue weighted by Crippen LogP contribution is 2.32. The van der Waals surface area contributed by atoms with Crippen LogP contribution in [0, 0.1) is 20.8 Å². The number of ether oxygens (including phenoxy) is 1. The zero-order valence-electron chi connectivity index (χ0n) is 16.6. The standard InChI is InChI=1S/C22H25N3O2S/c1-15-4-6-18(7-5-15)27-14-20(26)24-8-10-25(11-9-24)22-23-19-13-16(2)12-17(3)21(19)28-22/h4-7,12-13H,8-11,14H2,1-3H3. The van der Waals surface area contributed by atoms with Gasteiger partial charge in [0, 0.05) is 26.2 Å². The number of nitrogens with zero attached hydrogens (tertiary/aromatic N) is 3. The molecule has 0 saturated carbocycles. The van der Waals surface area contributed by atoms with Crippen molar-refractivity contribution in [1.29, 1.82) is 0 Å². The summed E-state index contributed by atoms with van der Waals surface area (Å²) in [5, 5.41) is 1.05. The van der Waals surface area contributed by atoms with Gasteiger partial charge in [0.05, 0.1) is 10.2 Å². The first-order chi connectivity index (χ1) is 13.5. The normalized spacial score (nSPS) is 14.5. The van der Waals surface area contributed by atoms with Crippen molar-refractivity contribution in [2.75, 3.05) is 37.7 Å². The molecule has 6 heteroatoms. The second-order valence-electron chi connectivity index (χ2n) is 7.40. The van der Waals surface area contributed by atoms with Gasteiger partial charge >= 0.3 is 0 Å². The van der Waals surface area contributed by atoms with Crippen molar-refractivity contribution >= 4 is 32.6 Å². The summed E-state index contributed by atoms with van der Waals surface area (Å²) in [6, 6.07) is 12.1. The molecule has 0 N–H and O–H groups in total. The van der Waals surface area contributed by atoms with Crippen molar-refractivity contribution in [3.8, 4) is 5.75 Å². The Morgan fingerprint density at radius 2 is 1.75 bits per heavy atom. The lowest BCUT2D eigenvalue weighted by molar-refractivity contribution is -0.133. The Morgan fingerprint density at radius 1 is 1.04 bits per heavy atom. The first-order valence-corrected chi connectivity index (χ1v) is 10.4. The van der Waals surface area contributed by atoms with E-state index >= 15 is 0 Å². The second kappa shape index (κ2) is 7.80. The van der Waals surface area contributed by atoms with Crippen LogP contribution in [0.5, 0.6) is 5.75 Å². The lowest BCUT2D eigenvalue weighted by Crippen LogP contribution is -2.50. The number of anilines is 1. The van der Waals surface area contributed by atoms with Crippen LogP contribution in [-0.4, -0.2) is 48.6 Å². The van der Waals surface area contributed by atoms with Gasteiger partial charge in [-0.3, -0.25) is 4.79 Å². The number of hydrogen-bond acceptors (Lipinski definition) is 5. The Bertz CT molecular complexity index is 989. The Morgan fingerprint density at radius 3 is 2.46 bits per heavy atom. The number of thiazole rings is 1. The van der Waals surface area contributed by atoms with E-state index < -0.39 is 0 Å². The van der Waals surface area contributed by atoms with Crippen LogP contribution in [0.25, 0.3) is 10.2 Å². The van der Waals surface area contributed by atoms with E-state index in [1.807, 2.05) is 36.1 Å². The van der Waals surface area contributed by atoms with Gasteiger partial charge in [0.1, 0.15) is 5.75 Å². The Balaban J connectivity index is 1.34. The lowest BCUT2D eigenvalue weighted by atomic mass is 10.1. The fourth-order valence-corrected chi connectivity index (χ4v) is 4.59. The smallest absolute Gasteiger partial charge is 0.260 e. The SMILES string of the molecule is Cc1ccc(OCC(=O)N2CCN(c3nc4cc(C)cc(C)c4s3)CC2)cc1. The summed E-state index contributed by atoms with van der Waals surface area (Å²) >= 11 is 1.74.